The molecule has 1 heterocycles. The van der Waals surface area contributed by atoms with Gasteiger partial charge >= 0.3 is 0 Å². The Bertz CT molecular complexity index is 642. The van der Waals surface area contributed by atoms with E-state index in [2.05, 4.69) is 18.3 Å². The van der Waals surface area contributed by atoms with Crippen molar-refractivity contribution >= 4 is 5.91 Å². The SMILES string of the molecule is CCOc1cc2c(cc1CNC(=O)C1CCCCC1(C)N)OC(C)C2. The minimum atomic E-state index is -0.415. The highest BCUT2D eigenvalue weighted by molar-refractivity contribution is 5.80. The lowest BCUT2D eigenvalue weighted by atomic mass is 9.74. The molecule has 1 aromatic rings. The number of ether oxygens (including phenoxy) is 2. The van der Waals surface area contributed by atoms with Crippen molar-refractivity contribution in [3.05, 3.63) is 23.3 Å². The molecular weight excluding hydrogens is 316 g/mol. The predicted octanol–water partition coefficient (Wildman–Crippen LogP) is 2.93. The monoisotopic (exact) mass is 346 g/mol. The van der Waals surface area contributed by atoms with Crippen LogP contribution in [0.1, 0.15) is 57.6 Å². The Labute approximate surface area is 150 Å². The van der Waals surface area contributed by atoms with Crippen molar-refractivity contribution in [2.75, 3.05) is 6.61 Å². The van der Waals surface area contributed by atoms with Gasteiger partial charge in [0.05, 0.1) is 12.5 Å². The van der Waals surface area contributed by atoms with E-state index in [0.717, 1.165) is 49.2 Å². The molecule has 0 spiro atoms. The number of fused-ring (bicyclic) bond motifs is 1. The van der Waals surface area contributed by atoms with Crippen LogP contribution in [0, 0.1) is 5.92 Å². The largest absolute Gasteiger partial charge is 0.494 e. The molecule has 1 aliphatic heterocycles. The van der Waals surface area contributed by atoms with Crippen LogP contribution in [0.2, 0.25) is 0 Å². The van der Waals surface area contributed by atoms with Crippen LogP contribution in [0.3, 0.4) is 0 Å². The predicted molar refractivity (Wildman–Crippen MR) is 97.8 cm³/mol. The van der Waals surface area contributed by atoms with Gasteiger partial charge in [-0.25, -0.2) is 0 Å². The lowest BCUT2D eigenvalue weighted by molar-refractivity contribution is -0.128. The van der Waals surface area contributed by atoms with Crippen molar-refractivity contribution < 1.29 is 14.3 Å². The summed E-state index contributed by atoms with van der Waals surface area (Å²) >= 11 is 0. The maximum atomic E-state index is 12.7. The molecule has 1 aromatic carbocycles. The number of nitrogens with two attached hydrogens (primary N) is 1. The lowest BCUT2D eigenvalue weighted by Crippen LogP contribution is -2.52. The van der Waals surface area contributed by atoms with Gasteiger partial charge in [-0.15, -0.1) is 0 Å². The van der Waals surface area contributed by atoms with E-state index in [1.807, 2.05) is 19.9 Å². The molecule has 25 heavy (non-hydrogen) atoms. The quantitative estimate of drug-likeness (QED) is 0.860. The molecule has 0 radical (unpaired) electrons. The zero-order valence-corrected chi connectivity index (χ0v) is 15.6. The smallest absolute Gasteiger partial charge is 0.225 e. The highest BCUT2D eigenvalue weighted by atomic mass is 16.5. The Balaban J connectivity index is 1.72. The van der Waals surface area contributed by atoms with Crippen LogP contribution in [-0.2, 0) is 17.8 Å². The summed E-state index contributed by atoms with van der Waals surface area (Å²) in [5, 5.41) is 3.07. The summed E-state index contributed by atoms with van der Waals surface area (Å²) < 4.78 is 11.6. The number of nitrogens with one attached hydrogen (secondary N) is 1. The summed E-state index contributed by atoms with van der Waals surface area (Å²) in [6.45, 7) is 7.06. The molecule has 3 rings (SSSR count). The van der Waals surface area contributed by atoms with Crippen molar-refractivity contribution in [3.8, 4) is 11.5 Å². The molecule has 1 fully saturated rings. The molecule has 1 saturated carbocycles. The van der Waals surface area contributed by atoms with E-state index >= 15 is 0 Å². The number of amides is 1. The summed E-state index contributed by atoms with van der Waals surface area (Å²) in [6.07, 6.45) is 5.03. The maximum absolute atomic E-state index is 12.7. The molecule has 0 aromatic heterocycles. The average molecular weight is 346 g/mol. The van der Waals surface area contributed by atoms with Gasteiger partial charge in [0.25, 0.3) is 0 Å². The third kappa shape index (κ3) is 3.92. The van der Waals surface area contributed by atoms with Crippen LogP contribution in [0.5, 0.6) is 11.5 Å². The average Bonchev–Trinajstić information content (AvgIpc) is 2.91. The van der Waals surface area contributed by atoms with Gasteiger partial charge in [-0.1, -0.05) is 12.8 Å². The second-order valence-corrected chi connectivity index (χ2v) is 7.66. The normalized spacial score (nSPS) is 28.2. The molecule has 0 bridgehead atoms. The zero-order chi connectivity index (χ0) is 18.0. The van der Waals surface area contributed by atoms with E-state index in [1.54, 1.807) is 0 Å². The molecule has 1 aliphatic carbocycles. The van der Waals surface area contributed by atoms with Crippen molar-refractivity contribution in [1.29, 1.82) is 0 Å². The van der Waals surface area contributed by atoms with Crippen LogP contribution in [0.15, 0.2) is 12.1 Å². The van der Waals surface area contributed by atoms with Crippen LogP contribution >= 0.6 is 0 Å². The molecule has 3 atom stereocenters. The van der Waals surface area contributed by atoms with E-state index in [1.165, 1.54) is 5.56 Å². The molecule has 3 N–H and O–H groups in total. The van der Waals surface area contributed by atoms with Crippen LogP contribution < -0.4 is 20.5 Å². The third-order valence-corrected chi connectivity index (χ3v) is 5.40. The standard InChI is InChI=1S/C20H30N2O3/c1-4-24-17-10-14-9-13(2)25-18(14)11-15(17)12-22-19(23)16-7-5-6-8-20(16,3)21/h10-11,13,16H,4-9,12,21H2,1-3H3,(H,22,23). The Morgan fingerprint density at radius 2 is 2.24 bits per heavy atom. The van der Waals surface area contributed by atoms with E-state index in [9.17, 15) is 4.79 Å². The number of hydrogen-bond acceptors (Lipinski definition) is 4. The molecule has 2 aliphatic rings. The van der Waals surface area contributed by atoms with Crippen LogP contribution in [0.4, 0.5) is 0 Å². The first-order valence-corrected chi connectivity index (χ1v) is 9.42. The molecule has 138 valence electrons. The first-order chi connectivity index (χ1) is 11.9. The van der Waals surface area contributed by atoms with Gasteiger partial charge in [0.2, 0.25) is 5.91 Å². The topological polar surface area (TPSA) is 73.6 Å². The molecule has 5 nitrogen and oxygen atoms in total. The minimum absolute atomic E-state index is 0.0435. The van der Waals surface area contributed by atoms with E-state index in [0.29, 0.717) is 13.2 Å². The molecular formula is C20H30N2O3. The van der Waals surface area contributed by atoms with E-state index in [4.69, 9.17) is 15.2 Å². The van der Waals surface area contributed by atoms with Gasteiger partial charge in [-0.3, -0.25) is 4.79 Å². The lowest BCUT2D eigenvalue weighted by Gasteiger charge is -2.37. The van der Waals surface area contributed by atoms with Crippen LogP contribution in [-0.4, -0.2) is 24.2 Å². The highest BCUT2D eigenvalue weighted by Gasteiger charge is 2.37. The van der Waals surface area contributed by atoms with Gasteiger partial charge in [-0.2, -0.15) is 0 Å². The first-order valence-electron chi connectivity index (χ1n) is 9.42. The van der Waals surface area contributed by atoms with Crippen molar-refractivity contribution in [1.82, 2.24) is 5.32 Å². The fourth-order valence-corrected chi connectivity index (χ4v) is 4.00. The summed E-state index contributed by atoms with van der Waals surface area (Å²) in [5.74, 6) is 1.66. The van der Waals surface area contributed by atoms with Gasteiger partial charge < -0.3 is 20.5 Å². The first kappa shape index (κ1) is 18.1. The summed E-state index contributed by atoms with van der Waals surface area (Å²) in [7, 11) is 0. The van der Waals surface area contributed by atoms with Gasteiger partial charge in [0.15, 0.2) is 0 Å². The Hall–Kier alpha value is -1.75. The number of carbonyl (C=O) groups excluding carboxylic acids is 1. The number of rotatable bonds is 5. The molecule has 3 unspecified atom stereocenters. The molecule has 0 saturated heterocycles. The summed E-state index contributed by atoms with van der Waals surface area (Å²) in [4.78, 5) is 12.7. The zero-order valence-electron chi connectivity index (χ0n) is 15.6. The molecule has 1 amide bonds. The van der Waals surface area contributed by atoms with Gasteiger partial charge in [0.1, 0.15) is 17.6 Å². The van der Waals surface area contributed by atoms with E-state index in [-0.39, 0.29) is 17.9 Å². The van der Waals surface area contributed by atoms with Crippen molar-refractivity contribution in [2.45, 2.75) is 71.1 Å². The Morgan fingerprint density at radius 3 is 2.96 bits per heavy atom. The Kier molecular flexibility index (Phi) is 5.23. The number of carbonyl (C=O) groups is 1. The third-order valence-electron chi connectivity index (χ3n) is 5.40. The second kappa shape index (κ2) is 7.24. The van der Waals surface area contributed by atoms with Crippen LogP contribution in [0.25, 0.3) is 0 Å². The summed E-state index contributed by atoms with van der Waals surface area (Å²) in [6, 6.07) is 4.06. The minimum Gasteiger partial charge on any atom is -0.494 e. The fourth-order valence-electron chi connectivity index (χ4n) is 4.00. The Morgan fingerprint density at radius 1 is 1.44 bits per heavy atom. The van der Waals surface area contributed by atoms with Gasteiger partial charge in [0, 0.05) is 29.6 Å². The number of hydrogen-bond donors (Lipinski definition) is 2. The highest BCUT2D eigenvalue weighted by Crippen LogP contribution is 2.35. The van der Waals surface area contributed by atoms with Crippen molar-refractivity contribution in [2.24, 2.45) is 11.7 Å². The number of benzene rings is 1. The van der Waals surface area contributed by atoms with Gasteiger partial charge in [-0.05, 0) is 45.7 Å². The maximum Gasteiger partial charge on any atom is 0.225 e. The van der Waals surface area contributed by atoms with Crippen molar-refractivity contribution in [3.63, 3.8) is 0 Å². The van der Waals surface area contributed by atoms with E-state index < -0.39 is 5.54 Å². The summed E-state index contributed by atoms with van der Waals surface area (Å²) in [5.41, 5.74) is 8.07. The fraction of sp³-hybridized carbons (Fsp3) is 0.650. The second-order valence-electron chi connectivity index (χ2n) is 7.66. The molecule has 5 heteroatoms.